The van der Waals surface area contributed by atoms with Crippen molar-refractivity contribution in [3.63, 3.8) is 0 Å². The highest BCUT2D eigenvalue weighted by atomic mass is 79.9. The molecule has 1 rings (SSSR count). The molecule has 74 valence electrons. The van der Waals surface area contributed by atoms with Gasteiger partial charge in [0.1, 0.15) is 0 Å². The van der Waals surface area contributed by atoms with Crippen LogP contribution in [0.2, 0.25) is 0 Å². The van der Waals surface area contributed by atoms with E-state index in [4.69, 9.17) is 5.73 Å². The topological polar surface area (TPSA) is 38.0 Å². The van der Waals surface area contributed by atoms with Crippen molar-refractivity contribution in [1.82, 2.24) is 5.32 Å². The molecule has 0 amide bonds. The van der Waals surface area contributed by atoms with Crippen LogP contribution in [0.25, 0.3) is 0 Å². The van der Waals surface area contributed by atoms with E-state index < -0.39 is 0 Å². The van der Waals surface area contributed by atoms with Gasteiger partial charge in [0.2, 0.25) is 0 Å². The number of thiophene rings is 1. The van der Waals surface area contributed by atoms with E-state index in [0.717, 1.165) is 19.5 Å². The van der Waals surface area contributed by atoms with Crippen LogP contribution in [0.1, 0.15) is 18.2 Å². The third-order valence-corrected chi connectivity index (χ3v) is 3.48. The highest BCUT2D eigenvalue weighted by molar-refractivity contribution is 9.11. The largest absolute Gasteiger partial charge is 0.327 e. The molecule has 0 aliphatic rings. The predicted octanol–water partition coefficient (Wildman–Crippen LogP) is 2.34. The zero-order chi connectivity index (χ0) is 9.68. The molecule has 0 aliphatic carbocycles. The lowest BCUT2D eigenvalue weighted by Gasteiger charge is -2.08. The van der Waals surface area contributed by atoms with Crippen molar-refractivity contribution in [1.29, 1.82) is 0 Å². The van der Waals surface area contributed by atoms with Crippen molar-refractivity contribution < 1.29 is 0 Å². The van der Waals surface area contributed by atoms with Crippen LogP contribution in [0.15, 0.2) is 15.9 Å². The van der Waals surface area contributed by atoms with Crippen LogP contribution in [0, 0.1) is 0 Å². The SMILES string of the molecule is CCC(N)CNCc1ccc(Br)s1. The molecular formula is C9H15BrN2S. The van der Waals surface area contributed by atoms with E-state index in [1.54, 1.807) is 11.3 Å². The van der Waals surface area contributed by atoms with Crippen LogP contribution in [-0.2, 0) is 6.54 Å². The number of halogens is 1. The Kier molecular flexibility index (Phi) is 4.94. The van der Waals surface area contributed by atoms with E-state index >= 15 is 0 Å². The third-order valence-electron chi connectivity index (χ3n) is 1.86. The summed E-state index contributed by atoms with van der Waals surface area (Å²) in [6, 6.07) is 4.48. The molecule has 1 unspecified atom stereocenters. The highest BCUT2D eigenvalue weighted by Gasteiger charge is 1.99. The summed E-state index contributed by atoms with van der Waals surface area (Å²) >= 11 is 5.19. The molecule has 1 aromatic rings. The summed E-state index contributed by atoms with van der Waals surface area (Å²) in [7, 11) is 0. The molecule has 0 aliphatic heterocycles. The standard InChI is InChI=1S/C9H15BrN2S/c1-2-7(11)5-12-6-8-3-4-9(10)13-8/h3-4,7,12H,2,5-6,11H2,1H3. The second kappa shape index (κ2) is 5.75. The van der Waals surface area contributed by atoms with E-state index in [0.29, 0.717) is 0 Å². The zero-order valence-electron chi connectivity index (χ0n) is 7.72. The van der Waals surface area contributed by atoms with Crippen molar-refractivity contribution >= 4 is 27.3 Å². The molecule has 0 fully saturated rings. The van der Waals surface area contributed by atoms with E-state index in [1.807, 2.05) is 0 Å². The third kappa shape index (κ3) is 4.22. The molecule has 0 radical (unpaired) electrons. The molecule has 0 aromatic carbocycles. The van der Waals surface area contributed by atoms with E-state index in [9.17, 15) is 0 Å². The summed E-state index contributed by atoms with van der Waals surface area (Å²) in [5.74, 6) is 0. The maximum absolute atomic E-state index is 5.77. The molecule has 1 heterocycles. The number of nitrogens with two attached hydrogens (primary N) is 1. The monoisotopic (exact) mass is 262 g/mol. The Balaban J connectivity index is 2.20. The second-order valence-electron chi connectivity index (χ2n) is 3.01. The fourth-order valence-corrected chi connectivity index (χ4v) is 2.42. The van der Waals surface area contributed by atoms with Gasteiger partial charge in [0.05, 0.1) is 3.79 Å². The fraction of sp³-hybridized carbons (Fsp3) is 0.556. The molecule has 1 aromatic heterocycles. The van der Waals surface area contributed by atoms with Gasteiger partial charge in [0, 0.05) is 24.0 Å². The number of hydrogen-bond acceptors (Lipinski definition) is 3. The van der Waals surface area contributed by atoms with Gasteiger partial charge < -0.3 is 11.1 Å². The fourth-order valence-electron chi connectivity index (χ4n) is 0.972. The lowest BCUT2D eigenvalue weighted by atomic mass is 10.2. The van der Waals surface area contributed by atoms with Crippen molar-refractivity contribution in [2.24, 2.45) is 5.73 Å². The molecule has 1 atom stereocenters. The van der Waals surface area contributed by atoms with Crippen LogP contribution in [0.3, 0.4) is 0 Å². The molecular weight excluding hydrogens is 248 g/mol. The van der Waals surface area contributed by atoms with Gasteiger partial charge in [-0.3, -0.25) is 0 Å². The van der Waals surface area contributed by atoms with Crippen molar-refractivity contribution in [2.75, 3.05) is 6.54 Å². The van der Waals surface area contributed by atoms with Gasteiger partial charge in [-0.2, -0.15) is 0 Å². The Morgan fingerprint density at radius 3 is 2.92 bits per heavy atom. The molecule has 4 heteroatoms. The maximum atomic E-state index is 5.77. The smallest absolute Gasteiger partial charge is 0.0701 e. The first-order valence-electron chi connectivity index (χ1n) is 4.43. The van der Waals surface area contributed by atoms with Crippen LogP contribution >= 0.6 is 27.3 Å². The summed E-state index contributed by atoms with van der Waals surface area (Å²) in [6.45, 7) is 3.92. The van der Waals surface area contributed by atoms with Crippen molar-refractivity contribution in [3.05, 3.63) is 20.8 Å². The van der Waals surface area contributed by atoms with Crippen molar-refractivity contribution in [3.8, 4) is 0 Å². The second-order valence-corrected chi connectivity index (χ2v) is 5.55. The minimum Gasteiger partial charge on any atom is -0.327 e. The lowest BCUT2D eigenvalue weighted by molar-refractivity contribution is 0.566. The average molecular weight is 263 g/mol. The number of nitrogens with one attached hydrogen (secondary N) is 1. The molecule has 13 heavy (non-hydrogen) atoms. The Morgan fingerprint density at radius 2 is 2.38 bits per heavy atom. The van der Waals surface area contributed by atoms with E-state index in [-0.39, 0.29) is 6.04 Å². The average Bonchev–Trinajstić information content (AvgIpc) is 2.51. The Labute approximate surface area is 91.7 Å². The van der Waals surface area contributed by atoms with Crippen molar-refractivity contribution in [2.45, 2.75) is 25.9 Å². The summed E-state index contributed by atoms with van der Waals surface area (Å²) in [6.07, 6.45) is 1.03. The van der Waals surface area contributed by atoms with E-state index in [1.165, 1.54) is 8.66 Å². The Hall–Kier alpha value is 0.1000. The van der Waals surface area contributed by atoms with Gasteiger partial charge >= 0.3 is 0 Å². The number of hydrogen-bond donors (Lipinski definition) is 2. The molecule has 3 N–H and O–H groups in total. The van der Waals surface area contributed by atoms with Crippen LogP contribution in [0.5, 0.6) is 0 Å². The van der Waals surface area contributed by atoms with Gasteiger partial charge in [-0.25, -0.2) is 0 Å². The van der Waals surface area contributed by atoms with Gasteiger partial charge in [0.15, 0.2) is 0 Å². The first-order valence-corrected chi connectivity index (χ1v) is 6.04. The van der Waals surface area contributed by atoms with Gasteiger partial charge in [-0.05, 0) is 34.5 Å². The normalized spacial score (nSPS) is 13.2. The zero-order valence-corrected chi connectivity index (χ0v) is 10.1. The first-order chi connectivity index (χ1) is 6.22. The van der Waals surface area contributed by atoms with Crippen LogP contribution < -0.4 is 11.1 Å². The van der Waals surface area contributed by atoms with Crippen LogP contribution in [-0.4, -0.2) is 12.6 Å². The Bertz CT molecular complexity index is 250. The lowest BCUT2D eigenvalue weighted by Crippen LogP contribution is -2.32. The summed E-state index contributed by atoms with van der Waals surface area (Å²) in [5.41, 5.74) is 5.77. The molecule has 0 saturated heterocycles. The van der Waals surface area contributed by atoms with Gasteiger partial charge in [-0.1, -0.05) is 6.92 Å². The highest BCUT2D eigenvalue weighted by Crippen LogP contribution is 2.21. The summed E-state index contributed by atoms with van der Waals surface area (Å²) in [4.78, 5) is 1.34. The molecule has 0 saturated carbocycles. The van der Waals surface area contributed by atoms with E-state index in [2.05, 4.69) is 40.3 Å². The number of rotatable bonds is 5. The summed E-state index contributed by atoms with van der Waals surface area (Å²) < 4.78 is 1.18. The predicted molar refractivity (Wildman–Crippen MR) is 62.0 cm³/mol. The van der Waals surface area contributed by atoms with Gasteiger partial charge in [0.25, 0.3) is 0 Å². The molecule has 0 spiro atoms. The first kappa shape index (κ1) is 11.2. The maximum Gasteiger partial charge on any atom is 0.0701 e. The Morgan fingerprint density at radius 1 is 1.62 bits per heavy atom. The summed E-state index contributed by atoms with van der Waals surface area (Å²) in [5, 5.41) is 3.33. The molecule has 2 nitrogen and oxygen atoms in total. The minimum atomic E-state index is 0.281. The van der Waals surface area contributed by atoms with Gasteiger partial charge in [-0.15, -0.1) is 11.3 Å². The minimum absolute atomic E-state index is 0.281. The van der Waals surface area contributed by atoms with Crippen LogP contribution in [0.4, 0.5) is 0 Å². The quantitative estimate of drug-likeness (QED) is 0.855. The molecule has 0 bridgehead atoms.